The summed E-state index contributed by atoms with van der Waals surface area (Å²) in [4.78, 5) is 28.9. The molecule has 0 aliphatic carbocycles. The lowest BCUT2D eigenvalue weighted by molar-refractivity contribution is -0.130. The summed E-state index contributed by atoms with van der Waals surface area (Å²) in [5.74, 6) is -0.377. The highest BCUT2D eigenvalue weighted by atomic mass is 19.1. The Morgan fingerprint density at radius 1 is 0.889 bits per heavy atom. The lowest BCUT2D eigenvalue weighted by Crippen LogP contribution is -2.38. The van der Waals surface area contributed by atoms with E-state index in [-0.39, 0.29) is 17.6 Å². The molecule has 1 aliphatic rings. The van der Waals surface area contributed by atoms with Gasteiger partial charge in [-0.05, 0) is 61.2 Å². The normalized spacial score (nSPS) is 14.8. The Kier molecular flexibility index (Phi) is 5.89. The molecule has 0 aromatic heterocycles. The Balaban J connectivity index is 1.60. The standard InChI is InChI=1S/C22H25FN2O2/c1-16-4-5-18(14-17(16)2)15-21(26)24-10-3-11-25(13-12-24)22(27)19-6-8-20(23)9-7-19/h4-9,14H,3,10-13,15H2,1-2H3. The Labute approximate surface area is 159 Å². The fourth-order valence-electron chi connectivity index (χ4n) is 3.34. The minimum atomic E-state index is -0.356. The molecule has 0 N–H and O–H groups in total. The number of hydrogen-bond donors (Lipinski definition) is 0. The van der Waals surface area contributed by atoms with Gasteiger partial charge in [-0.25, -0.2) is 4.39 Å². The number of benzene rings is 2. The second-order valence-corrected chi connectivity index (χ2v) is 7.13. The van der Waals surface area contributed by atoms with Gasteiger partial charge in [-0.1, -0.05) is 18.2 Å². The van der Waals surface area contributed by atoms with Crippen molar-refractivity contribution < 1.29 is 14.0 Å². The van der Waals surface area contributed by atoms with E-state index < -0.39 is 0 Å². The highest BCUT2D eigenvalue weighted by molar-refractivity contribution is 5.94. The molecule has 142 valence electrons. The van der Waals surface area contributed by atoms with Crippen LogP contribution in [-0.4, -0.2) is 47.8 Å². The molecule has 1 saturated heterocycles. The van der Waals surface area contributed by atoms with Gasteiger partial charge in [-0.15, -0.1) is 0 Å². The van der Waals surface area contributed by atoms with Crippen LogP contribution in [0.2, 0.25) is 0 Å². The van der Waals surface area contributed by atoms with Crippen molar-refractivity contribution in [3.8, 4) is 0 Å². The Morgan fingerprint density at radius 2 is 1.56 bits per heavy atom. The van der Waals surface area contributed by atoms with Gasteiger partial charge in [0, 0.05) is 31.7 Å². The predicted octanol–water partition coefficient (Wildman–Crippen LogP) is 3.36. The zero-order valence-electron chi connectivity index (χ0n) is 15.9. The fourth-order valence-corrected chi connectivity index (χ4v) is 3.34. The van der Waals surface area contributed by atoms with E-state index in [0.717, 1.165) is 12.0 Å². The van der Waals surface area contributed by atoms with Crippen LogP contribution in [0.15, 0.2) is 42.5 Å². The number of halogens is 1. The summed E-state index contributed by atoms with van der Waals surface area (Å²) in [6.07, 6.45) is 1.12. The maximum atomic E-state index is 13.1. The van der Waals surface area contributed by atoms with Crippen molar-refractivity contribution in [3.63, 3.8) is 0 Å². The van der Waals surface area contributed by atoms with Crippen molar-refractivity contribution in [1.82, 2.24) is 9.80 Å². The van der Waals surface area contributed by atoms with Crippen molar-refractivity contribution in [2.24, 2.45) is 0 Å². The third-order valence-corrected chi connectivity index (χ3v) is 5.15. The first-order chi connectivity index (χ1) is 12.9. The molecule has 0 unspecified atom stereocenters. The van der Waals surface area contributed by atoms with Crippen LogP contribution in [0.3, 0.4) is 0 Å². The number of carbonyl (C=O) groups is 2. The quantitative estimate of drug-likeness (QED) is 0.834. The first-order valence-electron chi connectivity index (χ1n) is 9.33. The van der Waals surface area contributed by atoms with E-state index in [1.165, 1.54) is 35.4 Å². The summed E-state index contributed by atoms with van der Waals surface area (Å²) in [5, 5.41) is 0. The molecule has 1 aliphatic heterocycles. The van der Waals surface area contributed by atoms with Crippen molar-refractivity contribution in [2.75, 3.05) is 26.2 Å². The van der Waals surface area contributed by atoms with Crippen molar-refractivity contribution in [3.05, 3.63) is 70.5 Å². The number of amides is 2. The van der Waals surface area contributed by atoms with Crippen LogP contribution < -0.4 is 0 Å². The van der Waals surface area contributed by atoms with E-state index >= 15 is 0 Å². The van der Waals surface area contributed by atoms with Crippen molar-refractivity contribution in [1.29, 1.82) is 0 Å². The SMILES string of the molecule is Cc1ccc(CC(=O)N2CCCN(C(=O)c3ccc(F)cc3)CC2)cc1C. The second kappa shape index (κ2) is 8.33. The Hall–Kier alpha value is -2.69. The molecule has 0 atom stereocenters. The highest BCUT2D eigenvalue weighted by Gasteiger charge is 2.23. The molecular weight excluding hydrogens is 343 g/mol. The molecule has 0 spiro atoms. The van der Waals surface area contributed by atoms with E-state index in [2.05, 4.69) is 13.0 Å². The molecule has 3 rings (SSSR count). The van der Waals surface area contributed by atoms with Gasteiger partial charge in [0.25, 0.3) is 5.91 Å². The molecule has 2 amide bonds. The summed E-state index contributed by atoms with van der Waals surface area (Å²) >= 11 is 0. The highest BCUT2D eigenvalue weighted by Crippen LogP contribution is 2.14. The van der Waals surface area contributed by atoms with Crippen LogP contribution in [-0.2, 0) is 11.2 Å². The number of hydrogen-bond acceptors (Lipinski definition) is 2. The Bertz CT molecular complexity index is 833. The summed E-state index contributed by atoms with van der Waals surface area (Å²) < 4.78 is 13.1. The van der Waals surface area contributed by atoms with Crippen molar-refractivity contribution >= 4 is 11.8 Å². The zero-order valence-corrected chi connectivity index (χ0v) is 15.9. The molecule has 5 heteroatoms. The summed E-state index contributed by atoms with van der Waals surface area (Å²) in [5.41, 5.74) is 3.90. The third-order valence-electron chi connectivity index (χ3n) is 5.15. The fraction of sp³-hybridized carbons (Fsp3) is 0.364. The molecule has 4 nitrogen and oxygen atoms in total. The molecule has 0 saturated carbocycles. The summed E-state index contributed by atoms with van der Waals surface area (Å²) in [6.45, 7) is 6.38. The molecule has 1 fully saturated rings. The molecule has 2 aromatic rings. The minimum Gasteiger partial charge on any atom is -0.341 e. The molecule has 0 bridgehead atoms. The van der Waals surface area contributed by atoms with Crippen molar-refractivity contribution in [2.45, 2.75) is 26.7 Å². The van der Waals surface area contributed by atoms with Crippen LogP contribution >= 0.6 is 0 Å². The zero-order chi connectivity index (χ0) is 19.4. The third kappa shape index (κ3) is 4.73. The maximum Gasteiger partial charge on any atom is 0.253 e. The number of rotatable bonds is 3. The largest absolute Gasteiger partial charge is 0.341 e. The van der Waals surface area contributed by atoms with E-state index in [9.17, 15) is 14.0 Å². The van der Waals surface area contributed by atoms with Gasteiger partial charge in [0.05, 0.1) is 6.42 Å². The van der Waals surface area contributed by atoms with Crippen LogP contribution in [0.4, 0.5) is 4.39 Å². The second-order valence-electron chi connectivity index (χ2n) is 7.13. The van der Waals surface area contributed by atoms with Gasteiger partial charge in [-0.2, -0.15) is 0 Å². The molecule has 0 radical (unpaired) electrons. The summed E-state index contributed by atoms with van der Waals surface area (Å²) in [7, 11) is 0. The van der Waals surface area contributed by atoms with E-state index in [1.807, 2.05) is 24.0 Å². The first-order valence-corrected chi connectivity index (χ1v) is 9.33. The smallest absolute Gasteiger partial charge is 0.253 e. The number of aryl methyl sites for hydroxylation is 2. The van der Waals surface area contributed by atoms with Gasteiger partial charge >= 0.3 is 0 Å². The van der Waals surface area contributed by atoms with Gasteiger partial charge in [-0.3, -0.25) is 9.59 Å². The van der Waals surface area contributed by atoms with Crippen LogP contribution in [0, 0.1) is 19.7 Å². The van der Waals surface area contributed by atoms with Gasteiger partial charge < -0.3 is 9.80 Å². The number of carbonyl (C=O) groups excluding carboxylic acids is 2. The van der Waals surface area contributed by atoms with Gasteiger partial charge in [0.1, 0.15) is 5.82 Å². The van der Waals surface area contributed by atoms with Gasteiger partial charge in [0.15, 0.2) is 0 Å². The molecule has 27 heavy (non-hydrogen) atoms. The monoisotopic (exact) mass is 368 g/mol. The van der Waals surface area contributed by atoms with E-state index in [1.54, 1.807) is 4.90 Å². The Morgan fingerprint density at radius 3 is 2.26 bits per heavy atom. The minimum absolute atomic E-state index is 0.0920. The maximum absolute atomic E-state index is 13.1. The first kappa shape index (κ1) is 19.1. The van der Waals surface area contributed by atoms with Crippen LogP contribution in [0.1, 0.15) is 33.5 Å². The average molecular weight is 368 g/mol. The topological polar surface area (TPSA) is 40.6 Å². The summed E-state index contributed by atoms with van der Waals surface area (Å²) in [6, 6.07) is 11.7. The molecular formula is C22H25FN2O2. The predicted molar refractivity (Wildman–Crippen MR) is 103 cm³/mol. The average Bonchev–Trinajstić information content (AvgIpc) is 2.91. The van der Waals surface area contributed by atoms with E-state index in [4.69, 9.17) is 0 Å². The van der Waals surface area contributed by atoms with Gasteiger partial charge in [0.2, 0.25) is 5.91 Å². The van der Waals surface area contributed by atoms with E-state index in [0.29, 0.717) is 38.2 Å². The lowest BCUT2D eigenvalue weighted by Gasteiger charge is -2.22. The van der Waals surface area contributed by atoms with Crippen LogP contribution in [0.5, 0.6) is 0 Å². The molecule has 1 heterocycles. The van der Waals surface area contributed by atoms with Crippen LogP contribution in [0.25, 0.3) is 0 Å². The molecule has 2 aromatic carbocycles. The lowest BCUT2D eigenvalue weighted by atomic mass is 10.0. The number of nitrogens with zero attached hydrogens (tertiary/aromatic N) is 2.